The zero-order chi connectivity index (χ0) is 58.8. The molecule has 4 aromatic carbocycles. The lowest BCUT2D eigenvalue weighted by Gasteiger charge is -2.43. The molecule has 436 valence electrons. The number of amides is 4. The number of hydrogen-bond donors (Lipinski definition) is 3. The summed E-state index contributed by atoms with van der Waals surface area (Å²) in [5, 5.41) is 8.36. The Bertz CT molecular complexity index is 3120. The summed E-state index contributed by atoms with van der Waals surface area (Å²) in [6, 6.07) is 31.0. The molecule has 3 aliphatic rings. The highest BCUT2D eigenvalue weighted by atomic mass is 16.7. The summed E-state index contributed by atoms with van der Waals surface area (Å²) >= 11 is 0. The number of anilines is 1. The van der Waals surface area contributed by atoms with Crippen molar-refractivity contribution in [2.45, 2.75) is 103 Å². The minimum atomic E-state index is -1.76. The van der Waals surface area contributed by atoms with Gasteiger partial charge in [-0.3, -0.25) is 33.8 Å². The van der Waals surface area contributed by atoms with Crippen LogP contribution in [0.2, 0.25) is 0 Å². The molecular formula is C62H67N5O16. The van der Waals surface area contributed by atoms with Crippen molar-refractivity contribution in [2.24, 2.45) is 5.92 Å². The number of alkyl carbamates (subject to hydrolysis) is 1. The highest BCUT2D eigenvalue weighted by molar-refractivity contribution is 5.95. The van der Waals surface area contributed by atoms with E-state index in [1.807, 2.05) is 65.6 Å². The maximum atomic E-state index is 13.8. The van der Waals surface area contributed by atoms with Crippen LogP contribution in [0.3, 0.4) is 0 Å². The monoisotopic (exact) mass is 1140 g/mol. The largest absolute Gasteiger partial charge is 0.489 e. The molecule has 1 aromatic heterocycles. The van der Waals surface area contributed by atoms with Crippen LogP contribution in [0, 0.1) is 5.92 Å². The lowest BCUT2D eigenvalue weighted by molar-refractivity contribution is -0.282. The third-order valence-corrected chi connectivity index (χ3v) is 14.2. The Morgan fingerprint density at radius 2 is 1.43 bits per heavy atom. The van der Waals surface area contributed by atoms with Gasteiger partial charge in [-0.15, -0.1) is 0 Å². The van der Waals surface area contributed by atoms with E-state index in [0.29, 0.717) is 42.4 Å². The smallest absolute Gasteiger partial charge is 0.407 e. The molecule has 1 aliphatic carbocycles. The molecule has 0 saturated carbocycles. The van der Waals surface area contributed by atoms with Crippen LogP contribution in [-0.2, 0) is 63.8 Å². The molecule has 21 nitrogen and oxygen atoms in total. The van der Waals surface area contributed by atoms with Crippen molar-refractivity contribution < 1.29 is 76.3 Å². The quantitative estimate of drug-likeness (QED) is 0.0248. The van der Waals surface area contributed by atoms with Gasteiger partial charge in [-0.05, 0) is 101 Å². The summed E-state index contributed by atoms with van der Waals surface area (Å²) in [5.41, 5.74) is 6.06. The number of unbranched alkanes of at least 4 members (excludes halogenated alkanes) is 1. The van der Waals surface area contributed by atoms with E-state index in [1.54, 1.807) is 48.8 Å². The number of likely N-dealkylation sites (tertiary alicyclic amines) is 1. The van der Waals surface area contributed by atoms with Gasteiger partial charge in [-0.1, -0.05) is 79.6 Å². The fraction of sp³-hybridized carbons (Fsp3) is 0.371. The molecule has 2 aliphatic heterocycles. The predicted molar refractivity (Wildman–Crippen MR) is 300 cm³/mol. The molecule has 0 bridgehead atoms. The standard InChI is InChI=1S/C62H67N5O16/c1-38(68)79-55-56(80-39(2)69)58(81-40(3)70)61(83-57(55)60(74)76-4)82-52-23-21-43(33-51(52)66-54(72)25-30-65-62(75)78-37-50-48-19-7-5-17-46(48)47-18-6-8-20-49(47)50)36-77-45-16-11-15-44(34-45)59(73)67-31-26-41(27-32-67)13-9-10-29-64-53(71)24-22-42-14-12-28-63-35-42/h5-8,11-12,14-24,28,33-35,41,50,55-58,61H,9-10,13,25-27,29-32,36-37H2,1-4H3,(H,64,71)(H,65,75)(H,66,72)/b24-22+/t55-,56-,57-,58+,61+/m0/s1. The zero-order valence-corrected chi connectivity index (χ0v) is 46.6. The van der Waals surface area contributed by atoms with Crippen LogP contribution in [0.1, 0.15) is 97.8 Å². The number of methoxy groups -OCH3 is 1. The average Bonchev–Trinajstić information content (AvgIpc) is 2.62. The van der Waals surface area contributed by atoms with E-state index in [0.717, 1.165) is 87.8 Å². The number of piperidine rings is 1. The first-order chi connectivity index (χ1) is 40.1. The Kier molecular flexibility index (Phi) is 21.0. The number of rotatable bonds is 23. The normalized spacial score (nSPS) is 18.4. The molecule has 5 aromatic rings. The number of esters is 4. The Hall–Kier alpha value is -9.11. The number of hydrogen-bond acceptors (Lipinski definition) is 17. The number of ether oxygens (including phenoxy) is 8. The summed E-state index contributed by atoms with van der Waals surface area (Å²) in [7, 11) is 1.06. The first-order valence-electron chi connectivity index (χ1n) is 27.4. The SMILES string of the molecule is COC(=O)[C@H]1O[C@@H](Oc2ccc(COc3cccc(C(=O)N4CCC(CCCCNC(=O)/C=C/c5cccnc5)CC4)c3)cc2NC(=O)CCNC(=O)OCC2c3ccccc3-c3ccccc32)[C@H](OC(C)=O)[C@@H](OC(C)=O)[C@@H]1OC(C)=O. The molecule has 2 saturated heterocycles. The number of nitrogens with zero attached hydrogens (tertiary/aromatic N) is 2. The molecule has 3 heterocycles. The zero-order valence-electron chi connectivity index (χ0n) is 46.6. The van der Waals surface area contributed by atoms with Gasteiger partial charge in [0.15, 0.2) is 18.3 Å². The fourth-order valence-corrected chi connectivity index (χ4v) is 10.3. The minimum Gasteiger partial charge on any atom is -0.489 e. The van der Waals surface area contributed by atoms with Crippen LogP contribution in [0.25, 0.3) is 17.2 Å². The Morgan fingerprint density at radius 3 is 2.12 bits per heavy atom. The number of carbonyl (C=O) groups excluding carboxylic acids is 8. The maximum Gasteiger partial charge on any atom is 0.407 e. The van der Waals surface area contributed by atoms with Gasteiger partial charge < -0.3 is 58.7 Å². The van der Waals surface area contributed by atoms with Crippen molar-refractivity contribution in [1.82, 2.24) is 20.5 Å². The molecule has 0 unspecified atom stereocenters. The van der Waals surface area contributed by atoms with Crippen molar-refractivity contribution in [3.05, 3.63) is 149 Å². The third kappa shape index (κ3) is 16.5. The molecule has 0 spiro atoms. The van der Waals surface area contributed by atoms with E-state index in [4.69, 9.17) is 37.9 Å². The highest BCUT2D eigenvalue weighted by Gasteiger charge is 2.56. The van der Waals surface area contributed by atoms with Crippen molar-refractivity contribution in [3.63, 3.8) is 0 Å². The lowest BCUT2D eigenvalue weighted by Crippen LogP contribution is -2.64. The second-order valence-corrected chi connectivity index (χ2v) is 20.1. The molecule has 4 amide bonds. The Morgan fingerprint density at radius 1 is 0.735 bits per heavy atom. The first-order valence-corrected chi connectivity index (χ1v) is 27.4. The fourth-order valence-electron chi connectivity index (χ4n) is 10.3. The van der Waals surface area contributed by atoms with Crippen molar-refractivity contribution in [2.75, 3.05) is 45.2 Å². The number of carbonyl (C=O) groups is 8. The number of nitrogens with one attached hydrogen (secondary N) is 3. The minimum absolute atomic E-state index is 0.0346. The number of fused-ring (bicyclic) bond motifs is 3. The topological polar surface area (TPSA) is 263 Å². The lowest BCUT2D eigenvalue weighted by atomic mass is 9.91. The van der Waals surface area contributed by atoms with Gasteiger partial charge in [0.2, 0.25) is 24.2 Å². The van der Waals surface area contributed by atoms with Crippen molar-refractivity contribution in [3.8, 4) is 22.6 Å². The number of aromatic nitrogens is 1. The molecule has 5 atom stereocenters. The van der Waals surface area contributed by atoms with E-state index >= 15 is 0 Å². The maximum absolute atomic E-state index is 13.8. The number of benzene rings is 4. The van der Waals surface area contributed by atoms with E-state index in [1.165, 1.54) is 18.2 Å². The molecule has 8 rings (SSSR count). The van der Waals surface area contributed by atoms with Gasteiger partial charge in [0.1, 0.15) is 24.7 Å². The van der Waals surface area contributed by atoms with Crippen LogP contribution in [0.5, 0.6) is 11.5 Å². The van der Waals surface area contributed by atoms with Crippen LogP contribution in [0.15, 0.2) is 122 Å². The van der Waals surface area contributed by atoms with Crippen molar-refractivity contribution >= 4 is 59.5 Å². The van der Waals surface area contributed by atoms with E-state index in [-0.39, 0.29) is 55.3 Å². The molecule has 3 N–H and O–H groups in total. The molecule has 0 radical (unpaired) electrons. The molecule has 83 heavy (non-hydrogen) atoms. The molecule has 2 fully saturated rings. The van der Waals surface area contributed by atoms with Gasteiger partial charge in [0, 0.05) is 83.3 Å². The van der Waals surface area contributed by atoms with Gasteiger partial charge in [0.05, 0.1) is 12.8 Å². The van der Waals surface area contributed by atoms with Crippen LogP contribution in [0.4, 0.5) is 10.5 Å². The summed E-state index contributed by atoms with van der Waals surface area (Å²) in [5.74, 6) is -3.97. The van der Waals surface area contributed by atoms with E-state index in [2.05, 4.69) is 20.9 Å². The predicted octanol–water partition coefficient (Wildman–Crippen LogP) is 7.45. The summed E-state index contributed by atoms with van der Waals surface area (Å²) in [6.45, 7) is 4.84. The second kappa shape index (κ2) is 29.0. The van der Waals surface area contributed by atoms with Gasteiger partial charge >= 0.3 is 30.0 Å². The Labute approximate surface area is 480 Å². The van der Waals surface area contributed by atoms with Crippen LogP contribution < -0.4 is 25.4 Å². The molecule has 21 heteroatoms. The summed E-state index contributed by atoms with van der Waals surface area (Å²) in [6.07, 6.45) is 1.69. The van der Waals surface area contributed by atoms with Crippen LogP contribution in [-0.4, -0.2) is 128 Å². The van der Waals surface area contributed by atoms with Gasteiger partial charge in [-0.2, -0.15) is 0 Å². The van der Waals surface area contributed by atoms with E-state index < -0.39 is 66.6 Å². The third-order valence-electron chi connectivity index (χ3n) is 14.2. The highest BCUT2D eigenvalue weighted by Crippen LogP contribution is 2.44. The van der Waals surface area contributed by atoms with Crippen molar-refractivity contribution in [1.29, 1.82) is 0 Å². The summed E-state index contributed by atoms with van der Waals surface area (Å²) < 4.78 is 45.6. The number of pyridine rings is 1. The average molecular weight is 1140 g/mol. The second-order valence-electron chi connectivity index (χ2n) is 20.1. The summed E-state index contributed by atoms with van der Waals surface area (Å²) in [4.78, 5) is 109. The van der Waals surface area contributed by atoms with Crippen LogP contribution >= 0.6 is 0 Å². The van der Waals surface area contributed by atoms with Gasteiger partial charge in [-0.25, -0.2) is 9.59 Å². The molecular weight excluding hydrogens is 1070 g/mol. The first kappa shape index (κ1) is 60.0. The van der Waals surface area contributed by atoms with Gasteiger partial charge in [0.25, 0.3) is 5.91 Å². The van der Waals surface area contributed by atoms with E-state index in [9.17, 15) is 38.4 Å². The Balaban J connectivity index is 0.908.